The standard InChI is InChI=1S/C12H10N2O3/c15-7-8-5-11(13-6-8)12(17)14-9-1-3-10(16)4-2-9/h1-7,13,16H,(H,14,17). The number of hydrogen-bond acceptors (Lipinski definition) is 3. The molecule has 3 N–H and O–H groups in total. The van der Waals surface area contributed by atoms with Crippen molar-refractivity contribution in [3.63, 3.8) is 0 Å². The molecular formula is C12H10N2O3. The minimum atomic E-state index is -0.344. The Hall–Kier alpha value is -2.56. The van der Waals surface area contributed by atoms with Gasteiger partial charge in [0, 0.05) is 17.4 Å². The largest absolute Gasteiger partial charge is 0.508 e. The third kappa shape index (κ3) is 2.52. The van der Waals surface area contributed by atoms with Gasteiger partial charge in [-0.15, -0.1) is 0 Å². The maximum atomic E-state index is 11.7. The predicted octanol–water partition coefficient (Wildman–Crippen LogP) is 1.79. The summed E-state index contributed by atoms with van der Waals surface area (Å²) >= 11 is 0. The first kappa shape index (κ1) is 10.9. The normalized spacial score (nSPS) is 9.88. The summed E-state index contributed by atoms with van der Waals surface area (Å²) in [7, 11) is 0. The molecule has 0 saturated heterocycles. The molecule has 0 spiro atoms. The smallest absolute Gasteiger partial charge is 0.272 e. The Balaban J connectivity index is 2.11. The minimum Gasteiger partial charge on any atom is -0.508 e. The van der Waals surface area contributed by atoms with E-state index in [2.05, 4.69) is 10.3 Å². The SMILES string of the molecule is O=Cc1c[nH]c(C(=O)Nc2ccc(O)cc2)c1. The number of H-pyrrole nitrogens is 1. The number of carbonyl (C=O) groups excluding carboxylic acids is 2. The lowest BCUT2D eigenvalue weighted by Crippen LogP contribution is -2.11. The van der Waals surface area contributed by atoms with Crippen molar-refractivity contribution in [2.75, 3.05) is 5.32 Å². The van der Waals surface area contributed by atoms with Crippen molar-refractivity contribution in [1.29, 1.82) is 0 Å². The zero-order valence-corrected chi connectivity index (χ0v) is 8.81. The first-order valence-electron chi connectivity index (χ1n) is 4.93. The van der Waals surface area contributed by atoms with Crippen LogP contribution in [0.3, 0.4) is 0 Å². The Bertz CT molecular complexity index is 543. The lowest BCUT2D eigenvalue weighted by molar-refractivity contribution is 0.102. The average Bonchev–Trinajstić information content (AvgIpc) is 2.81. The summed E-state index contributed by atoms with van der Waals surface area (Å²) in [5, 5.41) is 11.7. The van der Waals surface area contributed by atoms with Gasteiger partial charge in [0.2, 0.25) is 0 Å². The summed E-state index contributed by atoms with van der Waals surface area (Å²) in [5.41, 5.74) is 1.29. The zero-order valence-electron chi connectivity index (χ0n) is 8.81. The summed E-state index contributed by atoms with van der Waals surface area (Å²) in [6.45, 7) is 0. The van der Waals surface area contributed by atoms with E-state index >= 15 is 0 Å². The van der Waals surface area contributed by atoms with Gasteiger partial charge in [-0.05, 0) is 30.3 Å². The van der Waals surface area contributed by atoms with E-state index in [4.69, 9.17) is 5.11 Å². The lowest BCUT2D eigenvalue weighted by atomic mass is 10.3. The lowest BCUT2D eigenvalue weighted by Gasteiger charge is -2.03. The van der Waals surface area contributed by atoms with Crippen molar-refractivity contribution in [3.8, 4) is 5.75 Å². The van der Waals surface area contributed by atoms with E-state index in [-0.39, 0.29) is 11.7 Å². The fraction of sp³-hybridized carbons (Fsp3) is 0. The molecule has 2 aromatic rings. The van der Waals surface area contributed by atoms with Crippen LogP contribution in [0.4, 0.5) is 5.69 Å². The molecule has 17 heavy (non-hydrogen) atoms. The van der Waals surface area contributed by atoms with Crippen LogP contribution in [0.15, 0.2) is 36.5 Å². The molecule has 5 nitrogen and oxygen atoms in total. The van der Waals surface area contributed by atoms with Crippen molar-refractivity contribution in [2.45, 2.75) is 0 Å². The molecule has 0 saturated carbocycles. The van der Waals surface area contributed by atoms with Gasteiger partial charge in [-0.25, -0.2) is 0 Å². The number of phenolic OH excluding ortho intramolecular Hbond substituents is 1. The quantitative estimate of drug-likeness (QED) is 0.555. The van der Waals surface area contributed by atoms with Crippen molar-refractivity contribution in [1.82, 2.24) is 4.98 Å². The van der Waals surface area contributed by atoms with Gasteiger partial charge in [0.15, 0.2) is 6.29 Å². The molecular weight excluding hydrogens is 220 g/mol. The fourth-order valence-electron chi connectivity index (χ4n) is 1.35. The van der Waals surface area contributed by atoms with Gasteiger partial charge < -0.3 is 15.4 Å². The summed E-state index contributed by atoms with van der Waals surface area (Å²) < 4.78 is 0. The molecule has 5 heteroatoms. The molecule has 0 bridgehead atoms. The number of nitrogens with one attached hydrogen (secondary N) is 2. The molecule has 0 aliphatic carbocycles. The third-order valence-corrected chi connectivity index (χ3v) is 2.21. The Morgan fingerprint density at radius 3 is 2.59 bits per heavy atom. The molecule has 1 aromatic heterocycles. The van der Waals surface area contributed by atoms with Crippen LogP contribution in [0, 0.1) is 0 Å². The molecule has 1 heterocycles. The predicted molar refractivity (Wildman–Crippen MR) is 62.2 cm³/mol. The van der Waals surface area contributed by atoms with E-state index in [1.807, 2.05) is 0 Å². The second kappa shape index (κ2) is 4.52. The number of carbonyl (C=O) groups is 2. The molecule has 2 rings (SSSR count). The molecule has 0 atom stereocenters. The van der Waals surface area contributed by atoms with Crippen molar-refractivity contribution < 1.29 is 14.7 Å². The average molecular weight is 230 g/mol. The molecule has 1 amide bonds. The Morgan fingerprint density at radius 2 is 2.00 bits per heavy atom. The highest BCUT2D eigenvalue weighted by Gasteiger charge is 2.08. The third-order valence-electron chi connectivity index (χ3n) is 2.21. The number of anilines is 1. The number of phenols is 1. The number of benzene rings is 1. The molecule has 0 aliphatic heterocycles. The van der Waals surface area contributed by atoms with Gasteiger partial charge in [0.25, 0.3) is 5.91 Å². The van der Waals surface area contributed by atoms with Crippen molar-refractivity contribution in [2.24, 2.45) is 0 Å². The van der Waals surface area contributed by atoms with E-state index in [9.17, 15) is 9.59 Å². The topological polar surface area (TPSA) is 82.2 Å². The molecule has 0 radical (unpaired) electrons. The summed E-state index contributed by atoms with van der Waals surface area (Å²) in [5.74, 6) is -0.213. The van der Waals surface area contributed by atoms with Crippen LogP contribution in [-0.2, 0) is 0 Å². The Morgan fingerprint density at radius 1 is 1.29 bits per heavy atom. The zero-order chi connectivity index (χ0) is 12.3. The van der Waals surface area contributed by atoms with Gasteiger partial charge in [-0.2, -0.15) is 0 Å². The van der Waals surface area contributed by atoms with Crippen LogP contribution in [0.1, 0.15) is 20.8 Å². The number of aldehydes is 1. The van der Waals surface area contributed by atoms with Crippen LogP contribution in [0.5, 0.6) is 5.75 Å². The van der Waals surface area contributed by atoms with Gasteiger partial charge in [-0.3, -0.25) is 9.59 Å². The molecule has 1 aromatic carbocycles. The van der Waals surface area contributed by atoms with Crippen LogP contribution in [0.2, 0.25) is 0 Å². The van der Waals surface area contributed by atoms with E-state index in [0.29, 0.717) is 23.2 Å². The van der Waals surface area contributed by atoms with Gasteiger partial charge in [0.05, 0.1) is 0 Å². The molecule has 0 fully saturated rings. The summed E-state index contributed by atoms with van der Waals surface area (Å²) in [4.78, 5) is 24.9. The summed E-state index contributed by atoms with van der Waals surface area (Å²) in [6.07, 6.45) is 2.12. The number of aromatic amines is 1. The first-order valence-corrected chi connectivity index (χ1v) is 4.93. The fourth-order valence-corrected chi connectivity index (χ4v) is 1.35. The van der Waals surface area contributed by atoms with Crippen LogP contribution >= 0.6 is 0 Å². The van der Waals surface area contributed by atoms with Gasteiger partial charge in [-0.1, -0.05) is 0 Å². The first-order chi connectivity index (χ1) is 8.19. The monoisotopic (exact) mass is 230 g/mol. The highest BCUT2D eigenvalue weighted by molar-refractivity contribution is 6.03. The second-order valence-electron chi connectivity index (χ2n) is 3.47. The Labute approximate surface area is 97.1 Å². The highest BCUT2D eigenvalue weighted by Crippen LogP contribution is 2.14. The van der Waals surface area contributed by atoms with E-state index in [0.717, 1.165) is 0 Å². The van der Waals surface area contributed by atoms with Crippen LogP contribution < -0.4 is 5.32 Å². The number of aromatic hydroxyl groups is 1. The maximum Gasteiger partial charge on any atom is 0.272 e. The van der Waals surface area contributed by atoms with Crippen molar-refractivity contribution >= 4 is 17.9 Å². The van der Waals surface area contributed by atoms with E-state index in [1.165, 1.54) is 24.4 Å². The minimum absolute atomic E-state index is 0.131. The number of rotatable bonds is 3. The second-order valence-corrected chi connectivity index (χ2v) is 3.47. The van der Waals surface area contributed by atoms with Crippen LogP contribution in [0.25, 0.3) is 0 Å². The van der Waals surface area contributed by atoms with Gasteiger partial charge >= 0.3 is 0 Å². The molecule has 0 unspecified atom stereocenters. The van der Waals surface area contributed by atoms with E-state index < -0.39 is 0 Å². The van der Waals surface area contributed by atoms with Crippen LogP contribution in [-0.4, -0.2) is 22.3 Å². The molecule has 86 valence electrons. The summed E-state index contributed by atoms with van der Waals surface area (Å²) in [6, 6.07) is 7.57. The van der Waals surface area contributed by atoms with Gasteiger partial charge in [0.1, 0.15) is 11.4 Å². The number of amides is 1. The highest BCUT2D eigenvalue weighted by atomic mass is 16.3. The number of hydrogen-bond donors (Lipinski definition) is 3. The molecule has 0 aliphatic rings. The maximum absolute atomic E-state index is 11.7. The Kier molecular flexibility index (Phi) is 2.91. The van der Waals surface area contributed by atoms with E-state index in [1.54, 1.807) is 12.1 Å². The van der Waals surface area contributed by atoms with Crippen molar-refractivity contribution in [3.05, 3.63) is 47.8 Å². The number of aromatic nitrogens is 1.